The number of nitrogens with one attached hydrogen (secondary N) is 1. The zero-order valence-electron chi connectivity index (χ0n) is 7.41. The van der Waals surface area contributed by atoms with E-state index in [0.717, 1.165) is 0 Å². The Bertz CT molecular complexity index is 465. The molecule has 0 radical (unpaired) electrons. The van der Waals surface area contributed by atoms with E-state index in [0.29, 0.717) is 16.4 Å². The molecule has 0 aromatic carbocycles. The average molecular weight is 225 g/mol. The molecule has 0 spiro atoms. The molecule has 0 amide bonds. The maximum absolute atomic E-state index is 10.6. The van der Waals surface area contributed by atoms with Crippen molar-refractivity contribution in [2.24, 2.45) is 5.73 Å². The van der Waals surface area contributed by atoms with Gasteiger partial charge in [0.1, 0.15) is 16.7 Å². The monoisotopic (exact) mass is 225 g/mol. The van der Waals surface area contributed by atoms with E-state index in [1.165, 1.54) is 17.5 Å². The molecule has 2 aromatic heterocycles. The summed E-state index contributed by atoms with van der Waals surface area (Å²) in [4.78, 5) is 14.7. The Morgan fingerprint density at radius 2 is 2.47 bits per heavy atom. The molecule has 78 valence electrons. The number of carboxylic acids is 1. The normalized spacial score (nSPS) is 12.6. The van der Waals surface area contributed by atoms with Crippen LogP contribution in [0.5, 0.6) is 0 Å². The number of aromatic amines is 1. The minimum absolute atomic E-state index is 0.325. The van der Waals surface area contributed by atoms with Crippen LogP contribution in [0.2, 0.25) is 0 Å². The molecule has 1 atom stereocenters. The summed E-state index contributed by atoms with van der Waals surface area (Å²) in [7, 11) is 0. The van der Waals surface area contributed by atoms with Gasteiger partial charge in [0.05, 0.1) is 11.9 Å². The van der Waals surface area contributed by atoms with Crippen LogP contribution in [0.3, 0.4) is 0 Å². The first-order valence-electron chi connectivity index (χ1n) is 3.98. The lowest BCUT2D eigenvalue weighted by Crippen LogP contribution is -2.20. The predicted molar refractivity (Wildman–Crippen MR) is 52.1 cm³/mol. The van der Waals surface area contributed by atoms with Crippen molar-refractivity contribution in [1.29, 1.82) is 0 Å². The van der Waals surface area contributed by atoms with Crippen LogP contribution in [0.1, 0.15) is 11.7 Å². The highest BCUT2D eigenvalue weighted by atomic mass is 32.1. The Kier molecular flexibility index (Phi) is 2.44. The first-order chi connectivity index (χ1) is 7.18. The third-order valence-corrected chi connectivity index (χ3v) is 2.62. The molecule has 0 aliphatic rings. The number of nitrogens with two attached hydrogens (primary N) is 1. The molecule has 0 saturated carbocycles. The molecule has 15 heavy (non-hydrogen) atoms. The van der Waals surface area contributed by atoms with Crippen molar-refractivity contribution in [3.8, 4) is 10.7 Å². The van der Waals surface area contributed by atoms with Crippen LogP contribution in [0.4, 0.5) is 0 Å². The number of nitrogens with zero attached hydrogens (tertiary/aromatic N) is 3. The number of aromatic nitrogens is 4. The number of thiazole rings is 1. The lowest BCUT2D eigenvalue weighted by atomic mass is 10.2. The summed E-state index contributed by atoms with van der Waals surface area (Å²) >= 11 is 1.28. The Balaban J connectivity index is 2.28. The van der Waals surface area contributed by atoms with Gasteiger partial charge in [-0.15, -0.1) is 11.3 Å². The smallest absolute Gasteiger partial charge is 0.326 e. The molecule has 0 saturated heterocycles. The Labute approximate surface area is 88.0 Å². The Morgan fingerprint density at radius 1 is 1.67 bits per heavy atom. The molecule has 2 heterocycles. The molecule has 7 nitrogen and oxygen atoms in total. The fourth-order valence-electron chi connectivity index (χ4n) is 0.978. The summed E-state index contributed by atoms with van der Waals surface area (Å²) in [5.74, 6) is -1.10. The molecule has 2 rings (SSSR count). The van der Waals surface area contributed by atoms with Crippen molar-refractivity contribution in [3.63, 3.8) is 0 Å². The second-order valence-electron chi connectivity index (χ2n) is 2.75. The molecule has 2 aromatic rings. The highest BCUT2D eigenvalue weighted by Gasteiger charge is 2.18. The van der Waals surface area contributed by atoms with E-state index >= 15 is 0 Å². The minimum atomic E-state index is -1.10. The van der Waals surface area contributed by atoms with Gasteiger partial charge in [0, 0.05) is 5.38 Å². The van der Waals surface area contributed by atoms with Crippen LogP contribution < -0.4 is 5.73 Å². The maximum atomic E-state index is 10.6. The number of rotatable bonds is 3. The standard InChI is InChI=1S/C7H7N5O2S/c8-5(7(13)14)4-2-15-6(10-4)3-1-9-12-11-3/h1-2,5H,8H2,(H,13,14)(H,9,11,12). The number of carbonyl (C=O) groups is 1. The fourth-order valence-corrected chi connectivity index (χ4v) is 1.79. The molecular weight excluding hydrogens is 218 g/mol. The van der Waals surface area contributed by atoms with Gasteiger partial charge in [0.15, 0.2) is 0 Å². The van der Waals surface area contributed by atoms with Crippen molar-refractivity contribution >= 4 is 17.3 Å². The first kappa shape index (κ1) is 9.74. The molecule has 4 N–H and O–H groups in total. The van der Waals surface area contributed by atoms with Crippen molar-refractivity contribution in [3.05, 3.63) is 17.3 Å². The van der Waals surface area contributed by atoms with Crippen molar-refractivity contribution in [2.75, 3.05) is 0 Å². The maximum Gasteiger partial charge on any atom is 0.326 e. The first-order valence-corrected chi connectivity index (χ1v) is 4.86. The topological polar surface area (TPSA) is 118 Å². The van der Waals surface area contributed by atoms with Crippen molar-refractivity contribution in [1.82, 2.24) is 20.4 Å². The molecular formula is C7H7N5O2S. The van der Waals surface area contributed by atoms with E-state index in [-0.39, 0.29) is 0 Å². The van der Waals surface area contributed by atoms with Crippen LogP contribution in [-0.2, 0) is 4.79 Å². The Morgan fingerprint density at radius 3 is 3.07 bits per heavy atom. The van der Waals surface area contributed by atoms with Gasteiger partial charge in [-0.2, -0.15) is 15.4 Å². The molecule has 0 bridgehead atoms. The number of aliphatic carboxylic acids is 1. The summed E-state index contributed by atoms with van der Waals surface area (Å²) in [6.07, 6.45) is 1.51. The highest BCUT2D eigenvalue weighted by molar-refractivity contribution is 7.13. The lowest BCUT2D eigenvalue weighted by Gasteiger charge is -1.99. The molecule has 0 aliphatic heterocycles. The van der Waals surface area contributed by atoms with Crippen LogP contribution in [0.15, 0.2) is 11.6 Å². The van der Waals surface area contributed by atoms with Gasteiger partial charge in [0.2, 0.25) is 0 Å². The number of carboxylic acid groups (broad SMARTS) is 1. The van der Waals surface area contributed by atoms with E-state index in [1.54, 1.807) is 5.38 Å². The summed E-state index contributed by atoms with van der Waals surface area (Å²) in [5, 5.41) is 20.8. The summed E-state index contributed by atoms with van der Waals surface area (Å²) in [6, 6.07) is -1.10. The Hall–Kier alpha value is -1.80. The number of hydrogen-bond acceptors (Lipinski definition) is 6. The van der Waals surface area contributed by atoms with Gasteiger partial charge in [-0.1, -0.05) is 0 Å². The fraction of sp³-hybridized carbons (Fsp3) is 0.143. The minimum Gasteiger partial charge on any atom is -0.480 e. The third-order valence-electron chi connectivity index (χ3n) is 1.74. The van der Waals surface area contributed by atoms with Gasteiger partial charge < -0.3 is 10.8 Å². The van der Waals surface area contributed by atoms with Crippen LogP contribution in [0.25, 0.3) is 10.7 Å². The third kappa shape index (κ3) is 1.85. The summed E-state index contributed by atoms with van der Waals surface area (Å²) < 4.78 is 0. The van der Waals surface area contributed by atoms with E-state index < -0.39 is 12.0 Å². The van der Waals surface area contributed by atoms with Gasteiger partial charge in [-0.3, -0.25) is 4.79 Å². The van der Waals surface area contributed by atoms with Gasteiger partial charge in [0.25, 0.3) is 0 Å². The van der Waals surface area contributed by atoms with E-state index in [4.69, 9.17) is 10.8 Å². The van der Waals surface area contributed by atoms with E-state index in [9.17, 15) is 4.79 Å². The van der Waals surface area contributed by atoms with Crippen LogP contribution in [0, 0.1) is 0 Å². The zero-order chi connectivity index (χ0) is 10.8. The summed E-state index contributed by atoms with van der Waals surface area (Å²) in [6.45, 7) is 0. The highest BCUT2D eigenvalue weighted by Crippen LogP contribution is 2.23. The van der Waals surface area contributed by atoms with Crippen LogP contribution >= 0.6 is 11.3 Å². The second kappa shape index (κ2) is 3.75. The van der Waals surface area contributed by atoms with Gasteiger partial charge in [-0.05, 0) is 0 Å². The van der Waals surface area contributed by atoms with Gasteiger partial charge in [-0.25, -0.2) is 4.98 Å². The summed E-state index contributed by atoms with van der Waals surface area (Å²) in [5.41, 5.74) is 6.30. The van der Waals surface area contributed by atoms with Crippen LogP contribution in [-0.4, -0.2) is 31.5 Å². The number of H-pyrrole nitrogens is 1. The zero-order valence-corrected chi connectivity index (χ0v) is 8.23. The largest absolute Gasteiger partial charge is 0.480 e. The average Bonchev–Trinajstić information content (AvgIpc) is 2.86. The molecule has 0 aliphatic carbocycles. The predicted octanol–water partition coefficient (Wildman–Crippen LogP) is 0.0126. The van der Waals surface area contributed by atoms with E-state index in [2.05, 4.69) is 20.4 Å². The molecule has 0 fully saturated rings. The van der Waals surface area contributed by atoms with E-state index in [1.807, 2.05) is 0 Å². The van der Waals surface area contributed by atoms with Crippen molar-refractivity contribution < 1.29 is 9.90 Å². The lowest BCUT2D eigenvalue weighted by molar-refractivity contribution is -0.138. The SMILES string of the molecule is NC(C(=O)O)c1csc(-c2cn[nH]n2)n1. The quantitative estimate of drug-likeness (QED) is 0.677. The van der Waals surface area contributed by atoms with Gasteiger partial charge >= 0.3 is 5.97 Å². The molecule has 8 heteroatoms. The second-order valence-corrected chi connectivity index (χ2v) is 3.61. The number of hydrogen-bond donors (Lipinski definition) is 3. The van der Waals surface area contributed by atoms with Crippen molar-refractivity contribution in [2.45, 2.75) is 6.04 Å². The molecule has 1 unspecified atom stereocenters.